The zero-order valence-corrected chi connectivity index (χ0v) is 20.2. The Morgan fingerprint density at radius 2 is 1.71 bits per heavy atom. The average molecular weight is 473 g/mol. The summed E-state index contributed by atoms with van der Waals surface area (Å²) in [5.41, 5.74) is 4.41. The number of methoxy groups -OCH3 is 2. The number of aryl methyl sites for hydroxylation is 1. The van der Waals surface area contributed by atoms with E-state index in [2.05, 4.69) is 15.0 Å². The fraction of sp³-hybridized carbons (Fsp3) is 0.296. The Bertz CT molecular complexity index is 1340. The van der Waals surface area contributed by atoms with Gasteiger partial charge in [0.25, 0.3) is 11.6 Å². The highest BCUT2D eigenvalue weighted by atomic mass is 16.5. The zero-order valence-electron chi connectivity index (χ0n) is 20.2. The molecule has 1 amide bonds. The molecule has 0 unspecified atom stereocenters. The lowest BCUT2D eigenvalue weighted by molar-refractivity contribution is 0.0630. The topological polar surface area (TPSA) is 80.9 Å². The van der Waals surface area contributed by atoms with Crippen molar-refractivity contribution in [2.75, 3.05) is 40.4 Å². The van der Waals surface area contributed by atoms with Gasteiger partial charge in [-0.15, -0.1) is 0 Å². The molecule has 2 aromatic carbocycles. The molecule has 4 aromatic rings. The average Bonchev–Trinajstić information content (AvgIpc) is 3.29. The smallest absolute Gasteiger partial charge is 0.259 e. The Labute approximate surface area is 204 Å². The minimum atomic E-state index is -0.0216. The number of ether oxygens (including phenoxy) is 2. The van der Waals surface area contributed by atoms with E-state index < -0.39 is 0 Å². The van der Waals surface area contributed by atoms with Crippen LogP contribution in [0.1, 0.15) is 21.6 Å². The number of carbonyl (C=O) groups excluding carboxylic acids is 1. The molecule has 8 heteroatoms. The molecule has 8 nitrogen and oxygen atoms in total. The number of benzene rings is 2. The van der Waals surface area contributed by atoms with Crippen LogP contribution in [0.5, 0.6) is 11.5 Å². The molecule has 0 bridgehead atoms. The highest BCUT2D eigenvalue weighted by Crippen LogP contribution is 2.30. The first kappa shape index (κ1) is 22.9. The number of rotatable bonds is 6. The Hall–Kier alpha value is -3.91. The number of piperazine rings is 1. The largest absolute Gasteiger partial charge is 0.493 e. The fourth-order valence-corrected chi connectivity index (χ4v) is 4.54. The normalized spacial score (nSPS) is 14.3. The van der Waals surface area contributed by atoms with Gasteiger partial charge in [0.2, 0.25) is 0 Å². The van der Waals surface area contributed by atoms with E-state index in [0.29, 0.717) is 46.9 Å². The molecule has 0 radical (unpaired) electrons. The maximum atomic E-state index is 13.6. The van der Waals surface area contributed by atoms with Gasteiger partial charge in [-0.2, -0.15) is 0 Å². The summed E-state index contributed by atoms with van der Waals surface area (Å²) in [6, 6.07) is 17.6. The molecule has 0 N–H and O–H groups in total. The summed E-state index contributed by atoms with van der Waals surface area (Å²) in [7, 11) is 3.27. The third-order valence-corrected chi connectivity index (χ3v) is 6.43. The molecule has 0 aliphatic carbocycles. The van der Waals surface area contributed by atoms with Crippen LogP contribution in [0.2, 0.25) is 0 Å². The van der Waals surface area contributed by atoms with Crippen molar-refractivity contribution < 1.29 is 18.8 Å². The van der Waals surface area contributed by atoms with Crippen LogP contribution in [0.4, 0.5) is 0 Å². The van der Waals surface area contributed by atoms with Gasteiger partial charge in [0.1, 0.15) is 0 Å². The van der Waals surface area contributed by atoms with Crippen LogP contribution in [-0.4, -0.2) is 66.2 Å². The van der Waals surface area contributed by atoms with Gasteiger partial charge in [-0.25, -0.2) is 4.98 Å². The lowest BCUT2D eigenvalue weighted by Gasteiger charge is -2.35. The first-order valence-electron chi connectivity index (χ1n) is 11.6. The molecule has 1 aliphatic heterocycles. The van der Waals surface area contributed by atoms with Crippen molar-refractivity contribution in [2.45, 2.75) is 13.5 Å². The third kappa shape index (κ3) is 4.57. The van der Waals surface area contributed by atoms with Gasteiger partial charge in [0.05, 0.1) is 36.6 Å². The van der Waals surface area contributed by atoms with Crippen molar-refractivity contribution >= 4 is 17.0 Å². The number of aromatic nitrogens is 2. The SMILES string of the molecule is COc1ccc(CN2CCN(C(=O)c3cc(-c4ccccc4)nc4onc(C)c34)CC2)cc1OC. The Kier molecular flexibility index (Phi) is 6.37. The van der Waals surface area contributed by atoms with Crippen LogP contribution in [0.25, 0.3) is 22.4 Å². The first-order valence-corrected chi connectivity index (χ1v) is 11.6. The van der Waals surface area contributed by atoms with Crippen LogP contribution in [0.15, 0.2) is 59.1 Å². The molecular formula is C27H28N4O4. The highest BCUT2D eigenvalue weighted by molar-refractivity contribution is 6.07. The van der Waals surface area contributed by atoms with E-state index in [1.54, 1.807) is 14.2 Å². The first-order chi connectivity index (χ1) is 17.1. The quantitative estimate of drug-likeness (QED) is 0.417. The Morgan fingerprint density at radius 1 is 0.971 bits per heavy atom. The number of nitrogens with zero attached hydrogens (tertiary/aromatic N) is 4. The van der Waals surface area contributed by atoms with Gasteiger partial charge >= 0.3 is 0 Å². The fourth-order valence-electron chi connectivity index (χ4n) is 4.54. The zero-order chi connectivity index (χ0) is 24.4. The monoisotopic (exact) mass is 472 g/mol. The van der Waals surface area contributed by atoms with Gasteiger partial charge in [-0.1, -0.05) is 41.6 Å². The van der Waals surface area contributed by atoms with Gasteiger partial charge < -0.3 is 18.9 Å². The second kappa shape index (κ2) is 9.76. The van der Waals surface area contributed by atoms with Crippen LogP contribution < -0.4 is 9.47 Å². The third-order valence-electron chi connectivity index (χ3n) is 6.43. The number of hydrogen-bond acceptors (Lipinski definition) is 7. The molecule has 0 saturated carbocycles. The summed E-state index contributed by atoms with van der Waals surface area (Å²) >= 11 is 0. The minimum absolute atomic E-state index is 0.0216. The summed E-state index contributed by atoms with van der Waals surface area (Å²) in [4.78, 5) is 22.5. The van der Waals surface area contributed by atoms with Crippen molar-refractivity contribution in [3.05, 3.63) is 71.4 Å². The molecule has 2 aromatic heterocycles. The van der Waals surface area contributed by atoms with E-state index in [-0.39, 0.29) is 5.91 Å². The Morgan fingerprint density at radius 3 is 2.43 bits per heavy atom. The summed E-state index contributed by atoms with van der Waals surface area (Å²) in [6.07, 6.45) is 0. The molecule has 180 valence electrons. The molecule has 3 heterocycles. The van der Waals surface area contributed by atoms with Gasteiger partial charge in [-0.3, -0.25) is 9.69 Å². The van der Waals surface area contributed by atoms with Gasteiger partial charge in [0, 0.05) is 38.3 Å². The van der Waals surface area contributed by atoms with Gasteiger partial charge in [0.15, 0.2) is 11.5 Å². The van der Waals surface area contributed by atoms with Crippen molar-refractivity contribution in [3.63, 3.8) is 0 Å². The van der Waals surface area contributed by atoms with Crippen molar-refractivity contribution in [2.24, 2.45) is 0 Å². The van der Waals surface area contributed by atoms with E-state index in [9.17, 15) is 4.79 Å². The van der Waals surface area contributed by atoms with E-state index in [0.717, 1.165) is 36.5 Å². The second-order valence-corrected chi connectivity index (χ2v) is 8.63. The molecule has 35 heavy (non-hydrogen) atoms. The Balaban J connectivity index is 1.33. The predicted molar refractivity (Wildman–Crippen MR) is 133 cm³/mol. The molecule has 1 aliphatic rings. The molecule has 1 saturated heterocycles. The van der Waals surface area contributed by atoms with Crippen LogP contribution in [0, 0.1) is 6.92 Å². The molecule has 0 spiro atoms. The number of pyridine rings is 1. The predicted octanol–water partition coefficient (Wildman–Crippen LogP) is 4.17. The van der Waals surface area contributed by atoms with Crippen LogP contribution in [-0.2, 0) is 6.54 Å². The summed E-state index contributed by atoms with van der Waals surface area (Å²) in [6.45, 7) is 5.46. The standard InChI is InChI=1S/C27H28N4O4/c1-18-25-21(16-22(28-26(25)35-29-18)20-7-5-4-6-8-20)27(32)31-13-11-30(12-14-31)17-19-9-10-23(33-2)24(15-19)34-3/h4-10,15-16H,11-14,17H2,1-3H3. The summed E-state index contributed by atoms with van der Waals surface area (Å²) < 4.78 is 16.2. The van der Waals surface area contributed by atoms with E-state index in [1.165, 1.54) is 0 Å². The van der Waals surface area contributed by atoms with Crippen molar-refractivity contribution in [1.29, 1.82) is 0 Å². The van der Waals surface area contributed by atoms with E-state index in [1.807, 2.05) is 66.4 Å². The summed E-state index contributed by atoms with van der Waals surface area (Å²) in [5.74, 6) is 1.42. The highest BCUT2D eigenvalue weighted by Gasteiger charge is 2.26. The molecule has 5 rings (SSSR count). The number of hydrogen-bond donors (Lipinski definition) is 0. The molecular weight excluding hydrogens is 444 g/mol. The lowest BCUT2D eigenvalue weighted by Crippen LogP contribution is -2.48. The molecule has 1 fully saturated rings. The van der Waals surface area contributed by atoms with Crippen molar-refractivity contribution in [1.82, 2.24) is 19.9 Å². The molecule has 0 atom stereocenters. The second-order valence-electron chi connectivity index (χ2n) is 8.63. The maximum absolute atomic E-state index is 13.6. The minimum Gasteiger partial charge on any atom is -0.493 e. The van der Waals surface area contributed by atoms with Gasteiger partial charge in [-0.05, 0) is 30.7 Å². The maximum Gasteiger partial charge on any atom is 0.259 e. The van der Waals surface area contributed by atoms with Crippen LogP contribution in [0.3, 0.4) is 0 Å². The van der Waals surface area contributed by atoms with E-state index >= 15 is 0 Å². The lowest BCUT2D eigenvalue weighted by atomic mass is 10.0. The van der Waals surface area contributed by atoms with Crippen LogP contribution >= 0.6 is 0 Å². The van der Waals surface area contributed by atoms with E-state index in [4.69, 9.17) is 14.0 Å². The van der Waals surface area contributed by atoms with Crippen molar-refractivity contribution in [3.8, 4) is 22.8 Å². The number of carbonyl (C=O) groups is 1. The summed E-state index contributed by atoms with van der Waals surface area (Å²) in [5, 5.41) is 4.75. The number of amides is 1. The number of fused-ring (bicyclic) bond motifs is 1.